The van der Waals surface area contributed by atoms with Gasteiger partial charge in [-0.3, -0.25) is 4.79 Å². The maximum absolute atomic E-state index is 11.8. The lowest BCUT2D eigenvalue weighted by molar-refractivity contribution is -0.145. The number of carbonyl (C=O) groups is 1. The maximum atomic E-state index is 11.8. The van der Waals surface area contributed by atoms with Crippen LogP contribution in [0.1, 0.15) is 20.3 Å². The lowest BCUT2D eigenvalue weighted by Crippen LogP contribution is -2.49. The molecule has 1 aliphatic heterocycles. The van der Waals surface area contributed by atoms with E-state index in [1.54, 1.807) is 21.1 Å². The van der Waals surface area contributed by atoms with E-state index in [1.807, 2.05) is 4.90 Å². The number of piperidine rings is 1. The lowest BCUT2D eigenvalue weighted by Gasteiger charge is -2.37. The predicted molar refractivity (Wildman–Crippen MR) is 57.6 cm³/mol. The van der Waals surface area contributed by atoms with Gasteiger partial charge in [0.25, 0.3) is 5.91 Å². The Balaban J connectivity index is 2.54. The first kappa shape index (κ1) is 12.5. The van der Waals surface area contributed by atoms with E-state index in [-0.39, 0.29) is 18.1 Å². The number of carbonyl (C=O) groups excluding carboxylic acids is 1. The smallest absolute Gasteiger partial charge is 0.251 e. The van der Waals surface area contributed by atoms with Crippen molar-refractivity contribution in [3.8, 4) is 0 Å². The van der Waals surface area contributed by atoms with Crippen LogP contribution in [0.5, 0.6) is 0 Å². The fourth-order valence-electron chi connectivity index (χ4n) is 1.90. The molecule has 0 saturated carbocycles. The van der Waals surface area contributed by atoms with E-state index in [0.29, 0.717) is 12.5 Å². The summed E-state index contributed by atoms with van der Waals surface area (Å²) in [5, 5.41) is 0. The second kappa shape index (κ2) is 5.47. The van der Waals surface area contributed by atoms with E-state index in [4.69, 9.17) is 9.47 Å². The fraction of sp³-hybridized carbons (Fsp3) is 0.909. The molecule has 3 atom stereocenters. The molecule has 0 bridgehead atoms. The SMILES string of the molecule is COC(C)C(=O)N1CCC(C)C(OC)C1. The van der Waals surface area contributed by atoms with Gasteiger partial charge in [-0.25, -0.2) is 0 Å². The van der Waals surface area contributed by atoms with Crippen molar-refractivity contribution >= 4 is 5.91 Å². The van der Waals surface area contributed by atoms with Crippen LogP contribution in [0.25, 0.3) is 0 Å². The number of likely N-dealkylation sites (tertiary alicyclic amines) is 1. The normalized spacial score (nSPS) is 28.9. The zero-order valence-electron chi connectivity index (χ0n) is 10.0. The van der Waals surface area contributed by atoms with Crippen LogP contribution >= 0.6 is 0 Å². The molecule has 0 aromatic rings. The summed E-state index contributed by atoms with van der Waals surface area (Å²) in [7, 11) is 3.26. The molecule has 0 spiro atoms. The van der Waals surface area contributed by atoms with Crippen LogP contribution in [0.15, 0.2) is 0 Å². The summed E-state index contributed by atoms with van der Waals surface area (Å²) in [6, 6.07) is 0. The average molecular weight is 215 g/mol. The number of methoxy groups -OCH3 is 2. The summed E-state index contributed by atoms with van der Waals surface area (Å²) >= 11 is 0. The molecule has 0 aliphatic carbocycles. The van der Waals surface area contributed by atoms with E-state index >= 15 is 0 Å². The molecule has 0 radical (unpaired) electrons. The molecule has 0 aromatic carbocycles. The van der Waals surface area contributed by atoms with Crippen molar-refractivity contribution < 1.29 is 14.3 Å². The topological polar surface area (TPSA) is 38.8 Å². The third-order valence-electron chi connectivity index (χ3n) is 3.21. The van der Waals surface area contributed by atoms with Gasteiger partial charge in [0, 0.05) is 27.3 Å². The Hall–Kier alpha value is -0.610. The second-order valence-corrected chi connectivity index (χ2v) is 4.20. The summed E-state index contributed by atoms with van der Waals surface area (Å²) < 4.78 is 10.4. The number of hydrogen-bond donors (Lipinski definition) is 0. The van der Waals surface area contributed by atoms with Crippen LogP contribution in [-0.2, 0) is 14.3 Å². The van der Waals surface area contributed by atoms with E-state index in [2.05, 4.69) is 6.92 Å². The highest BCUT2D eigenvalue weighted by Gasteiger charge is 2.30. The van der Waals surface area contributed by atoms with Crippen molar-refractivity contribution in [3.63, 3.8) is 0 Å². The molecular formula is C11H21NO3. The molecule has 4 heteroatoms. The Morgan fingerprint density at radius 1 is 1.47 bits per heavy atom. The number of amides is 1. The first-order chi connectivity index (χ1) is 7.10. The molecule has 1 amide bonds. The van der Waals surface area contributed by atoms with Crippen LogP contribution in [0.4, 0.5) is 0 Å². The van der Waals surface area contributed by atoms with E-state index < -0.39 is 0 Å². The summed E-state index contributed by atoms with van der Waals surface area (Å²) in [4.78, 5) is 13.7. The van der Waals surface area contributed by atoms with Crippen LogP contribution in [0.3, 0.4) is 0 Å². The molecule has 4 nitrogen and oxygen atoms in total. The zero-order valence-corrected chi connectivity index (χ0v) is 10.0. The van der Waals surface area contributed by atoms with E-state index in [0.717, 1.165) is 13.0 Å². The van der Waals surface area contributed by atoms with Crippen molar-refractivity contribution in [2.45, 2.75) is 32.5 Å². The van der Waals surface area contributed by atoms with Gasteiger partial charge < -0.3 is 14.4 Å². The highest BCUT2D eigenvalue weighted by atomic mass is 16.5. The van der Waals surface area contributed by atoms with Gasteiger partial charge in [0.2, 0.25) is 0 Å². The Labute approximate surface area is 91.5 Å². The largest absolute Gasteiger partial charge is 0.379 e. The lowest BCUT2D eigenvalue weighted by atomic mass is 9.95. The number of rotatable bonds is 3. The monoisotopic (exact) mass is 215 g/mol. The highest BCUT2D eigenvalue weighted by molar-refractivity contribution is 5.80. The molecule has 0 N–H and O–H groups in total. The number of hydrogen-bond acceptors (Lipinski definition) is 3. The Morgan fingerprint density at radius 2 is 2.13 bits per heavy atom. The molecule has 88 valence electrons. The minimum atomic E-state index is -0.351. The van der Waals surface area contributed by atoms with E-state index in [1.165, 1.54) is 0 Å². The Bertz CT molecular complexity index is 220. The standard InChI is InChI=1S/C11H21NO3/c1-8-5-6-12(7-10(8)15-4)11(13)9(2)14-3/h8-10H,5-7H2,1-4H3. The summed E-state index contributed by atoms with van der Waals surface area (Å²) in [5.41, 5.74) is 0. The summed E-state index contributed by atoms with van der Waals surface area (Å²) in [6.07, 6.45) is 0.809. The average Bonchev–Trinajstić information content (AvgIpc) is 2.27. The fourth-order valence-corrected chi connectivity index (χ4v) is 1.90. The Kier molecular flexibility index (Phi) is 4.54. The molecule has 1 saturated heterocycles. The van der Waals surface area contributed by atoms with Crippen molar-refractivity contribution in [2.24, 2.45) is 5.92 Å². The van der Waals surface area contributed by atoms with Crippen LogP contribution in [0, 0.1) is 5.92 Å². The van der Waals surface area contributed by atoms with Crippen LogP contribution < -0.4 is 0 Å². The van der Waals surface area contributed by atoms with Crippen molar-refractivity contribution in [3.05, 3.63) is 0 Å². The first-order valence-corrected chi connectivity index (χ1v) is 5.44. The molecule has 1 aliphatic rings. The molecule has 3 unspecified atom stereocenters. The molecule has 1 fully saturated rings. The van der Waals surface area contributed by atoms with Gasteiger partial charge in [-0.15, -0.1) is 0 Å². The van der Waals surface area contributed by atoms with Crippen LogP contribution in [0.2, 0.25) is 0 Å². The van der Waals surface area contributed by atoms with Gasteiger partial charge in [0.05, 0.1) is 6.10 Å². The van der Waals surface area contributed by atoms with Gasteiger partial charge in [-0.2, -0.15) is 0 Å². The van der Waals surface area contributed by atoms with Gasteiger partial charge in [-0.1, -0.05) is 6.92 Å². The van der Waals surface area contributed by atoms with E-state index in [9.17, 15) is 4.79 Å². The predicted octanol–water partition coefficient (Wildman–Crippen LogP) is 0.905. The van der Waals surface area contributed by atoms with Crippen molar-refractivity contribution in [1.82, 2.24) is 4.90 Å². The minimum absolute atomic E-state index is 0.0615. The first-order valence-electron chi connectivity index (χ1n) is 5.44. The summed E-state index contributed by atoms with van der Waals surface area (Å²) in [5.74, 6) is 0.586. The van der Waals surface area contributed by atoms with Crippen molar-refractivity contribution in [1.29, 1.82) is 0 Å². The van der Waals surface area contributed by atoms with Gasteiger partial charge in [0.15, 0.2) is 0 Å². The summed E-state index contributed by atoms with van der Waals surface area (Å²) in [6.45, 7) is 5.44. The van der Waals surface area contributed by atoms with Crippen LogP contribution in [-0.4, -0.2) is 50.3 Å². The molecular weight excluding hydrogens is 194 g/mol. The quantitative estimate of drug-likeness (QED) is 0.702. The molecule has 0 aromatic heterocycles. The Morgan fingerprint density at radius 3 is 2.67 bits per heavy atom. The third-order valence-corrected chi connectivity index (χ3v) is 3.21. The maximum Gasteiger partial charge on any atom is 0.251 e. The second-order valence-electron chi connectivity index (χ2n) is 4.20. The molecule has 15 heavy (non-hydrogen) atoms. The van der Waals surface area contributed by atoms with Gasteiger partial charge >= 0.3 is 0 Å². The van der Waals surface area contributed by atoms with Gasteiger partial charge in [0.1, 0.15) is 6.10 Å². The minimum Gasteiger partial charge on any atom is -0.379 e. The van der Waals surface area contributed by atoms with Gasteiger partial charge in [-0.05, 0) is 19.3 Å². The highest BCUT2D eigenvalue weighted by Crippen LogP contribution is 2.20. The molecule has 1 rings (SSSR count). The molecule has 1 heterocycles. The van der Waals surface area contributed by atoms with Crippen molar-refractivity contribution in [2.75, 3.05) is 27.3 Å². The third kappa shape index (κ3) is 2.92. The zero-order chi connectivity index (χ0) is 11.4. The number of nitrogens with zero attached hydrogens (tertiary/aromatic N) is 1. The number of ether oxygens (including phenoxy) is 2.